The smallest absolute Gasteiger partial charge is 0.423 e. The fraction of sp³-hybridized carbons (Fsp3) is 0. The van der Waals surface area contributed by atoms with Crippen molar-refractivity contribution in [3.63, 3.8) is 0 Å². The maximum absolute atomic E-state index is 10.7. The largest absolute Gasteiger partial charge is 0.477 e. The first kappa shape index (κ1) is 15.9. The van der Waals surface area contributed by atoms with Crippen LogP contribution in [-0.2, 0) is 0 Å². The summed E-state index contributed by atoms with van der Waals surface area (Å²) >= 11 is 0. The Bertz CT molecular complexity index is 530. The van der Waals surface area contributed by atoms with Crippen LogP contribution in [0, 0.1) is 30.3 Å². The van der Waals surface area contributed by atoms with Gasteiger partial charge < -0.3 is 10.6 Å². The molecule has 0 saturated heterocycles. The van der Waals surface area contributed by atoms with Crippen LogP contribution in [0.15, 0.2) is 12.1 Å². The van der Waals surface area contributed by atoms with Crippen LogP contribution in [0.3, 0.4) is 0 Å². The Kier molecular flexibility index (Phi) is 4.55. The number of carboxylic acids is 1. The van der Waals surface area contributed by atoms with Crippen LogP contribution in [0.1, 0.15) is 10.4 Å². The summed E-state index contributed by atoms with van der Waals surface area (Å²) in [6, 6.07) is 1.11. The summed E-state index contributed by atoms with van der Waals surface area (Å²) < 4.78 is 0. The second-order valence-electron chi connectivity index (χ2n) is 2.91. The lowest BCUT2D eigenvalue weighted by atomic mass is 10.1. The van der Waals surface area contributed by atoms with Crippen molar-refractivity contribution in [2.45, 2.75) is 0 Å². The summed E-state index contributed by atoms with van der Waals surface area (Å²) in [5, 5.41) is 40.4. The normalized spacial score (nSPS) is 9.26. The van der Waals surface area contributed by atoms with Crippen LogP contribution < -0.4 is 0 Å². The summed E-state index contributed by atoms with van der Waals surface area (Å²) in [6.45, 7) is 0. The molecule has 0 heterocycles. The van der Waals surface area contributed by atoms with E-state index in [1.54, 1.807) is 0 Å². The lowest BCUT2D eigenvalue weighted by molar-refractivity contribution is -0.441. The maximum Gasteiger partial charge on any atom is 0.423 e. The molecule has 12 nitrogen and oxygen atoms in total. The topological polar surface area (TPSA) is 198 Å². The highest BCUT2D eigenvalue weighted by Gasteiger charge is 2.40. The number of benzene rings is 1. The molecule has 0 radical (unpaired) electrons. The van der Waals surface area contributed by atoms with E-state index >= 15 is 0 Å². The fourth-order valence-corrected chi connectivity index (χ4v) is 1.25. The third-order valence-electron chi connectivity index (χ3n) is 1.92. The third-order valence-corrected chi connectivity index (χ3v) is 1.92. The number of carbonyl (C=O) groups is 1. The molecular weight excluding hydrogens is 270 g/mol. The van der Waals surface area contributed by atoms with Crippen LogP contribution in [0.25, 0.3) is 0 Å². The number of nitro benzene ring substituents is 3. The van der Waals surface area contributed by atoms with Crippen LogP contribution in [-0.4, -0.2) is 31.3 Å². The molecule has 0 aromatic heterocycles. The summed E-state index contributed by atoms with van der Waals surface area (Å²) in [5.74, 6) is -1.79. The zero-order valence-electron chi connectivity index (χ0n) is 8.80. The van der Waals surface area contributed by atoms with E-state index in [-0.39, 0.29) is 5.48 Å². The molecule has 12 heteroatoms. The molecule has 1 rings (SSSR count). The van der Waals surface area contributed by atoms with Gasteiger partial charge in [0.05, 0.1) is 14.8 Å². The van der Waals surface area contributed by atoms with E-state index in [1.807, 2.05) is 0 Å². The summed E-state index contributed by atoms with van der Waals surface area (Å²) in [6.07, 6.45) is 0. The first-order chi connectivity index (χ1) is 8.27. The SMILES string of the molecule is O.O=C(O)c1ccc([N+](=O)[O-])c([N+](=O)[O-])c1[N+](=O)[O-]. The predicted octanol–water partition coefficient (Wildman–Crippen LogP) is 0.285. The van der Waals surface area contributed by atoms with Gasteiger partial charge in [-0.3, -0.25) is 30.3 Å². The average molecular weight is 275 g/mol. The molecule has 0 atom stereocenters. The van der Waals surface area contributed by atoms with Crippen molar-refractivity contribution in [2.24, 2.45) is 0 Å². The quantitative estimate of drug-likeness (QED) is 0.596. The van der Waals surface area contributed by atoms with Gasteiger partial charge in [0, 0.05) is 6.07 Å². The molecule has 0 fully saturated rings. The van der Waals surface area contributed by atoms with Crippen molar-refractivity contribution >= 4 is 23.0 Å². The van der Waals surface area contributed by atoms with Crippen molar-refractivity contribution in [3.8, 4) is 0 Å². The molecule has 0 bridgehead atoms. The van der Waals surface area contributed by atoms with Crippen molar-refractivity contribution in [1.29, 1.82) is 0 Å². The van der Waals surface area contributed by atoms with Crippen LogP contribution in [0.2, 0.25) is 0 Å². The van der Waals surface area contributed by atoms with Crippen LogP contribution in [0.5, 0.6) is 0 Å². The number of hydrogen-bond donors (Lipinski definition) is 1. The van der Waals surface area contributed by atoms with Gasteiger partial charge in [0.1, 0.15) is 5.56 Å². The molecule has 1 aromatic rings. The van der Waals surface area contributed by atoms with Crippen molar-refractivity contribution in [1.82, 2.24) is 0 Å². The van der Waals surface area contributed by atoms with E-state index in [0.717, 1.165) is 0 Å². The van der Waals surface area contributed by atoms with Gasteiger partial charge in [-0.15, -0.1) is 0 Å². The molecule has 102 valence electrons. The highest BCUT2D eigenvalue weighted by atomic mass is 16.6. The molecule has 0 amide bonds. The fourth-order valence-electron chi connectivity index (χ4n) is 1.25. The maximum atomic E-state index is 10.7. The van der Waals surface area contributed by atoms with Gasteiger partial charge >= 0.3 is 23.0 Å². The Balaban J connectivity index is 0.00000324. The molecule has 0 saturated carbocycles. The molecule has 0 spiro atoms. The number of hydrogen-bond acceptors (Lipinski definition) is 7. The lowest BCUT2D eigenvalue weighted by Gasteiger charge is -1.99. The Morgan fingerprint density at radius 3 is 1.74 bits per heavy atom. The molecule has 3 N–H and O–H groups in total. The lowest BCUT2D eigenvalue weighted by Crippen LogP contribution is -2.08. The van der Waals surface area contributed by atoms with E-state index in [0.29, 0.717) is 12.1 Å². The van der Waals surface area contributed by atoms with E-state index in [4.69, 9.17) is 5.11 Å². The van der Waals surface area contributed by atoms with E-state index in [1.165, 1.54) is 0 Å². The number of nitrogens with zero attached hydrogens (tertiary/aromatic N) is 3. The standard InChI is InChI=1S/C7H3N3O8.H2O/c11-7(12)3-1-2-4(8(13)14)6(10(17)18)5(3)9(15)16;/h1-2H,(H,11,12);1H2. The monoisotopic (exact) mass is 275 g/mol. The highest BCUT2D eigenvalue weighted by Crippen LogP contribution is 2.38. The molecule has 0 aliphatic rings. The molecular formula is C7H5N3O9. The summed E-state index contributed by atoms with van der Waals surface area (Å²) in [5.41, 5.74) is -5.00. The minimum absolute atomic E-state index is 0. The minimum atomic E-state index is -1.79. The van der Waals surface area contributed by atoms with Crippen LogP contribution >= 0.6 is 0 Å². The van der Waals surface area contributed by atoms with Gasteiger partial charge in [-0.25, -0.2) is 4.79 Å². The van der Waals surface area contributed by atoms with Crippen molar-refractivity contribution in [3.05, 3.63) is 48.0 Å². The van der Waals surface area contributed by atoms with E-state index < -0.39 is 43.4 Å². The molecule has 0 aliphatic carbocycles. The van der Waals surface area contributed by atoms with Crippen LogP contribution in [0.4, 0.5) is 17.1 Å². The van der Waals surface area contributed by atoms with Gasteiger partial charge in [-0.2, -0.15) is 0 Å². The Labute approximate surface area is 102 Å². The highest BCUT2D eigenvalue weighted by molar-refractivity contribution is 5.96. The number of rotatable bonds is 4. The Morgan fingerprint density at radius 2 is 1.42 bits per heavy atom. The van der Waals surface area contributed by atoms with Gasteiger partial charge in [0.25, 0.3) is 0 Å². The Hall–Kier alpha value is -3.15. The zero-order valence-corrected chi connectivity index (χ0v) is 8.80. The number of aromatic carboxylic acids is 1. The first-order valence-electron chi connectivity index (χ1n) is 4.10. The van der Waals surface area contributed by atoms with Gasteiger partial charge in [0.15, 0.2) is 0 Å². The minimum Gasteiger partial charge on any atom is -0.477 e. The third kappa shape index (κ3) is 2.75. The predicted molar refractivity (Wildman–Crippen MR) is 57.0 cm³/mol. The molecule has 0 aliphatic heterocycles. The van der Waals surface area contributed by atoms with E-state index in [2.05, 4.69) is 0 Å². The van der Waals surface area contributed by atoms with Gasteiger partial charge in [-0.1, -0.05) is 0 Å². The average Bonchev–Trinajstić information content (AvgIpc) is 2.26. The number of carboxylic acid groups (broad SMARTS) is 1. The van der Waals surface area contributed by atoms with Gasteiger partial charge in [-0.05, 0) is 6.07 Å². The first-order valence-corrected chi connectivity index (χ1v) is 4.10. The van der Waals surface area contributed by atoms with Crippen molar-refractivity contribution < 1.29 is 30.1 Å². The number of nitro groups is 3. The summed E-state index contributed by atoms with van der Waals surface area (Å²) in [7, 11) is 0. The zero-order chi connectivity index (χ0) is 14.0. The summed E-state index contributed by atoms with van der Waals surface area (Å²) in [4.78, 5) is 38.6. The van der Waals surface area contributed by atoms with Gasteiger partial charge in [0.2, 0.25) is 0 Å². The molecule has 1 aromatic carbocycles. The second-order valence-corrected chi connectivity index (χ2v) is 2.91. The van der Waals surface area contributed by atoms with Crippen molar-refractivity contribution in [2.75, 3.05) is 0 Å². The molecule has 0 unspecified atom stereocenters. The Morgan fingerprint density at radius 1 is 0.947 bits per heavy atom. The second kappa shape index (κ2) is 5.46. The molecule has 19 heavy (non-hydrogen) atoms. The van der Waals surface area contributed by atoms with E-state index in [9.17, 15) is 35.1 Å².